The number of aliphatic hydroxyl groups excluding tert-OH is 1. The van der Waals surface area contributed by atoms with Gasteiger partial charge in [-0.15, -0.1) is 0 Å². The van der Waals surface area contributed by atoms with Gasteiger partial charge in [0.2, 0.25) is 0 Å². The molecule has 0 aliphatic heterocycles. The number of fused-ring (bicyclic) bond motifs is 2. The van der Waals surface area contributed by atoms with Gasteiger partial charge in [-0.25, -0.2) is 0 Å². The molecule has 0 spiro atoms. The summed E-state index contributed by atoms with van der Waals surface area (Å²) in [5, 5.41) is 9.43. The Morgan fingerprint density at radius 3 is 2.50 bits per heavy atom. The Hall–Kier alpha value is -0.570. The first-order valence-corrected chi connectivity index (χ1v) is 4.52. The van der Waals surface area contributed by atoms with E-state index in [1.807, 2.05) is 0 Å². The highest BCUT2D eigenvalue weighted by atomic mass is 16.5. The van der Waals surface area contributed by atoms with E-state index < -0.39 is 0 Å². The lowest BCUT2D eigenvalue weighted by molar-refractivity contribution is -0.149. The van der Waals surface area contributed by atoms with Crippen LogP contribution in [0, 0.1) is 11.8 Å². The van der Waals surface area contributed by atoms with Crippen molar-refractivity contribution < 1.29 is 14.6 Å². The van der Waals surface area contributed by atoms with Crippen LogP contribution in [0.5, 0.6) is 0 Å². The number of esters is 1. The SMILES string of the molecule is CC(=O)O[C@H]1C[C@H]2C[C@@H]1C[C@@H]2O. The third-order valence-electron chi connectivity index (χ3n) is 3.07. The van der Waals surface area contributed by atoms with Crippen LogP contribution in [0.25, 0.3) is 0 Å². The third kappa shape index (κ3) is 1.22. The summed E-state index contributed by atoms with van der Waals surface area (Å²) in [4.78, 5) is 10.7. The van der Waals surface area contributed by atoms with Crippen LogP contribution in [0.2, 0.25) is 0 Å². The Balaban J connectivity index is 1.94. The van der Waals surface area contributed by atoms with Crippen molar-refractivity contribution in [3.63, 3.8) is 0 Å². The van der Waals surface area contributed by atoms with Crippen molar-refractivity contribution in [3.8, 4) is 0 Å². The molecule has 1 N–H and O–H groups in total. The molecule has 0 amide bonds. The van der Waals surface area contributed by atoms with Gasteiger partial charge < -0.3 is 9.84 Å². The zero-order valence-electron chi connectivity index (χ0n) is 7.19. The van der Waals surface area contributed by atoms with Crippen LogP contribution in [0.15, 0.2) is 0 Å². The monoisotopic (exact) mass is 170 g/mol. The van der Waals surface area contributed by atoms with Crippen LogP contribution >= 0.6 is 0 Å². The number of hydrogen-bond donors (Lipinski definition) is 1. The van der Waals surface area contributed by atoms with Gasteiger partial charge in [0, 0.05) is 6.92 Å². The summed E-state index contributed by atoms with van der Waals surface area (Å²) in [7, 11) is 0. The molecule has 12 heavy (non-hydrogen) atoms. The van der Waals surface area contributed by atoms with Gasteiger partial charge >= 0.3 is 5.97 Å². The minimum atomic E-state index is -0.193. The molecular weight excluding hydrogens is 156 g/mol. The van der Waals surface area contributed by atoms with Gasteiger partial charge in [-0.2, -0.15) is 0 Å². The summed E-state index contributed by atoms with van der Waals surface area (Å²) < 4.78 is 5.14. The maximum atomic E-state index is 10.7. The van der Waals surface area contributed by atoms with E-state index in [1.54, 1.807) is 0 Å². The van der Waals surface area contributed by atoms with Crippen LogP contribution in [0.4, 0.5) is 0 Å². The van der Waals surface area contributed by atoms with Gasteiger partial charge in [0.25, 0.3) is 0 Å². The average molecular weight is 170 g/mol. The molecule has 2 saturated carbocycles. The summed E-state index contributed by atoms with van der Waals surface area (Å²) in [5.74, 6) is 0.621. The van der Waals surface area contributed by atoms with Crippen molar-refractivity contribution in [2.75, 3.05) is 0 Å². The molecule has 0 aromatic rings. The predicted octanol–water partition coefficient (Wildman–Crippen LogP) is 0.709. The first-order valence-electron chi connectivity index (χ1n) is 4.52. The number of carbonyl (C=O) groups is 1. The quantitative estimate of drug-likeness (QED) is 0.589. The summed E-state index contributed by atoms with van der Waals surface area (Å²) >= 11 is 0. The van der Waals surface area contributed by atoms with Crippen LogP contribution in [-0.4, -0.2) is 23.3 Å². The van der Waals surface area contributed by atoms with Gasteiger partial charge in [-0.3, -0.25) is 4.79 Å². The molecule has 0 heterocycles. The third-order valence-corrected chi connectivity index (χ3v) is 3.07. The molecule has 2 bridgehead atoms. The highest BCUT2D eigenvalue weighted by molar-refractivity contribution is 5.66. The maximum Gasteiger partial charge on any atom is 0.302 e. The molecule has 0 unspecified atom stereocenters. The molecule has 3 heteroatoms. The van der Waals surface area contributed by atoms with E-state index >= 15 is 0 Å². The first kappa shape index (κ1) is 8.05. The topological polar surface area (TPSA) is 46.5 Å². The largest absolute Gasteiger partial charge is 0.462 e. The van der Waals surface area contributed by atoms with Crippen LogP contribution in [-0.2, 0) is 9.53 Å². The van der Waals surface area contributed by atoms with E-state index in [9.17, 15) is 9.90 Å². The molecule has 0 radical (unpaired) electrons. The van der Waals surface area contributed by atoms with E-state index in [4.69, 9.17) is 4.74 Å². The number of rotatable bonds is 1. The van der Waals surface area contributed by atoms with E-state index in [2.05, 4.69) is 0 Å². The molecule has 68 valence electrons. The maximum absolute atomic E-state index is 10.7. The minimum Gasteiger partial charge on any atom is -0.462 e. The molecule has 3 nitrogen and oxygen atoms in total. The number of carbonyl (C=O) groups excluding carboxylic acids is 1. The second-order valence-electron chi connectivity index (χ2n) is 3.94. The average Bonchev–Trinajstić information content (AvgIpc) is 2.44. The van der Waals surface area contributed by atoms with Gasteiger partial charge in [0.05, 0.1) is 6.10 Å². The first-order chi connectivity index (χ1) is 5.66. The van der Waals surface area contributed by atoms with Crippen molar-refractivity contribution in [1.82, 2.24) is 0 Å². The fourth-order valence-electron chi connectivity index (χ4n) is 2.55. The van der Waals surface area contributed by atoms with Crippen molar-refractivity contribution in [2.45, 2.75) is 38.4 Å². The lowest BCUT2D eigenvalue weighted by Crippen LogP contribution is -2.28. The van der Waals surface area contributed by atoms with Crippen LogP contribution in [0.3, 0.4) is 0 Å². The minimum absolute atomic E-state index is 0.0934. The van der Waals surface area contributed by atoms with E-state index in [0.717, 1.165) is 19.3 Å². The molecule has 4 atom stereocenters. The van der Waals surface area contributed by atoms with Gasteiger partial charge in [0.15, 0.2) is 0 Å². The van der Waals surface area contributed by atoms with Gasteiger partial charge in [-0.1, -0.05) is 0 Å². The highest BCUT2D eigenvalue weighted by Crippen LogP contribution is 2.45. The molecule has 2 fully saturated rings. The Morgan fingerprint density at radius 2 is 2.08 bits per heavy atom. The predicted molar refractivity (Wildman–Crippen MR) is 42.4 cm³/mol. The lowest BCUT2D eigenvalue weighted by Gasteiger charge is -2.24. The fraction of sp³-hybridized carbons (Fsp3) is 0.889. The highest BCUT2D eigenvalue weighted by Gasteiger charge is 2.46. The van der Waals surface area contributed by atoms with Gasteiger partial charge in [0.1, 0.15) is 6.10 Å². The summed E-state index contributed by atoms with van der Waals surface area (Å²) in [6, 6.07) is 0. The number of aliphatic hydroxyl groups is 1. The fourth-order valence-corrected chi connectivity index (χ4v) is 2.55. The second kappa shape index (κ2) is 2.73. The molecular formula is C9H14O3. The molecule has 2 aliphatic carbocycles. The lowest BCUT2D eigenvalue weighted by atomic mass is 9.95. The summed E-state index contributed by atoms with van der Waals surface area (Å²) in [5.41, 5.74) is 0. The Bertz CT molecular complexity index is 200. The standard InChI is InChI=1S/C9H14O3/c1-5(10)12-9-4-6-2-7(9)3-8(6)11/h6-9,11H,2-4H2,1H3/t6-,7-,8+,9+/m1/s1. The van der Waals surface area contributed by atoms with Crippen molar-refractivity contribution >= 4 is 5.97 Å². The summed E-state index contributed by atoms with van der Waals surface area (Å²) in [6.07, 6.45) is 2.69. The molecule has 0 saturated heterocycles. The Morgan fingerprint density at radius 1 is 1.33 bits per heavy atom. The molecule has 0 aromatic heterocycles. The molecule has 2 aliphatic rings. The number of hydrogen-bond acceptors (Lipinski definition) is 3. The molecule has 0 aromatic carbocycles. The van der Waals surface area contributed by atoms with Crippen molar-refractivity contribution in [3.05, 3.63) is 0 Å². The van der Waals surface area contributed by atoms with Crippen LogP contribution in [0.1, 0.15) is 26.2 Å². The Labute approximate surface area is 71.7 Å². The second-order valence-corrected chi connectivity index (χ2v) is 3.94. The van der Waals surface area contributed by atoms with Gasteiger partial charge in [-0.05, 0) is 31.1 Å². The molecule has 2 rings (SSSR count). The Kier molecular flexibility index (Phi) is 1.83. The summed E-state index contributed by atoms with van der Waals surface area (Å²) in [6.45, 7) is 1.45. The van der Waals surface area contributed by atoms with E-state index in [-0.39, 0.29) is 18.2 Å². The van der Waals surface area contributed by atoms with E-state index in [0.29, 0.717) is 11.8 Å². The zero-order valence-corrected chi connectivity index (χ0v) is 7.19. The smallest absolute Gasteiger partial charge is 0.302 e. The zero-order chi connectivity index (χ0) is 8.72. The van der Waals surface area contributed by atoms with Crippen LogP contribution < -0.4 is 0 Å². The number of ether oxygens (including phenoxy) is 1. The van der Waals surface area contributed by atoms with E-state index in [1.165, 1.54) is 6.92 Å². The normalized spacial score (nSPS) is 44.8. The van der Waals surface area contributed by atoms with Crippen molar-refractivity contribution in [2.24, 2.45) is 11.8 Å². The van der Waals surface area contributed by atoms with Crippen molar-refractivity contribution in [1.29, 1.82) is 0 Å².